The van der Waals surface area contributed by atoms with E-state index in [0.29, 0.717) is 11.8 Å². The molecule has 1 aromatic carbocycles. The second kappa shape index (κ2) is 5.68. The Labute approximate surface area is 113 Å². The smallest absolute Gasteiger partial charge is 0.321 e. The van der Waals surface area contributed by atoms with Gasteiger partial charge in [0, 0.05) is 10.7 Å². The molecule has 0 aliphatic rings. The minimum absolute atomic E-state index is 0.269. The second-order valence-electron chi connectivity index (χ2n) is 3.48. The van der Waals surface area contributed by atoms with Crippen LogP contribution in [0.15, 0.2) is 33.7 Å². The largest absolute Gasteiger partial charge is 0.467 e. The zero-order valence-electron chi connectivity index (χ0n) is 9.96. The fourth-order valence-electron chi connectivity index (χ4n) is 1.27. The van der Waals surface area contributed by atoms with Crippen molar-refractivity contribution in [3.63, 3.8) is 0 Å². The number of halogens is 1. The number of aryl methyl sites for hydroxylation is 1. The van der Waals surface area contributed by atoms with Crippen molar-refractivity contribution in [1.29, 1.82) is 0 Å². The maximum Gasteiger partial charge on any atom is 0.321 e. The van der Waals surface area contributed by atoms with Crippen LogP contribution in [0, 0.1) is 6.92 Å². The molecule has 1 aromatic heterocycles. The van der Waals surface area contributed by atoms with Crippen LogP contribution in [0.2, 0.25) is 0 Å². The van der Waals surface area contributed by atoms with Gasteiger partial charge in [-0.25, -0.2) is 4.99 Å². The lowest BCUT2D eigenvalue weighted by Crippen LogP contribution is -1.97. The van der Waals surface area contributed by atoms with Crippen LogP contribution in [0.4, 0.5) is 5.95 Å². The molecule has 92 valence electrons. The normalized spacial score (nSPS) is 10.8. The SMILES string of the molecule is COc1nc(C)nc(/N=C/c2ccc(Br)cc2)n1. The summed E-state index contributed by atoms with van der Waals surface area (Å²) in [5.74, 6) is 0.909. The number of aliphatic imine (C=N–C) groups is 1. The summed E-state index contributed by atoms with van der Waals surface area (Å²) in [5.41, 5.74) is 0.968. The molecule has 0 aliphatic carbocycles. The fraction of sp³-hybridized carbons (Fsp3) is 0.167. The van der Waals surface area contributed by atoms with Gasteiger partial charge in [0.1, 0.15) is 5.82 Å². The number of hydrogen-bond donors (Lipinski definition) is 0. The lowest BCUT2D eigenvalue weighted by molar-refractivity contribution is 0.377. The molecule has 1 heterocycles. The van der Waals surface area contributed by atoms with Crippen molar-refractivity contribution in [3.8, 4) is 6.01 Å². The van der Waals surface area contributed by atoms with Crippen LogP contribution in [0.3, 0.4) is 0 Å². The van der Waals surface area contributed by atoms with Crippen LogP contribution in [0.1, 0.15) is 11.4 Å². The molecule has 18 heavy (non-hydrogen) atoms. The predicted molar refractivity (Wildman–Crippen MR) is 72.5 cm³/mol. The van der Waals surface area contributed by atoms with Gasteiger partial charge in [-0.3, -0.25) is 0 Å². The summed E-state index contributed by atoms with van der Waals surface area (Å²) < 4.78 is 5.99. The first-order chi connectivity index (χ1) is 8.67. The maximum atomic E-state index is 4.96. The quantitative estimate of drug-likeness (QED) is 0.818. The molecule has 2 rings (SSSR count). The van der Waals surface area contributed by atoms with Crippen molar-refractivity contribution < 1.29 is 4.74 Å². The molecule has 5 nitrogen and oxygen atoms in total. The van der Waals surface area contributed by atoms with E-state index in [0.717, 1.165) is 10.0 Å². The van der Waals surface area contributed by atoms with E-state index in [1.807, 2.05) is 24.3 Å². The molecule has 0 aliphatic heterocycles. The number of methoxy groups -OCH3 is 1. The first kappa shape index (κ1) is 12.6. The van der Waals surface area contributed by atoms with Crippen LogP contribution < -0.4 is 4.74 Å². The van der Waals surface area contributed by atoms with E-state index >= 15 is 0 Å². The van der Waals surface area contributed by atoms with Gasteiger partial charge >= 0.3 is 6.01 Å². The fourth-order valence-corrected chi connectivity index (χ4v) is 1.54. The van der Waals surface area contributed by atoms with Gasteiger partial charge in [0.05, 0.1) is 7.11 Å². The summed E-state index contributed by atoms with van der Waals surface area (Å²) in [6.45, 7) is 1.77. The van der Waals surface area contributed by atoms with E-state index in [9.17, 15) is 0 Å². The summed E-state index contributed by atoms with van der Waals surface area (Å²) in [4.78, 5) is 16.3. The van der Waals surface area contributed by atoms with Gasteiger partial charge in [-0.2, -0.15) is 15.0 Å². The molecule has 0 fully saturated rings. The van der Waals surface area contributed by atoms with Gasteiger partial charge in [0.15, 0.2) is 0 Å². The summed E-state index contributed by atoms with van der Waals surface area (Å²) in [6.07, 6.45) is 1.70. The van der Waals surface area contributed by atoms with E-state index in [1.54, 1.807) is 13.1 Å². The summed E-state index contributed by atoms with van der Waals surface area (Å²) >= 11 is 3.38. The van der Waals surface area contributed by atoms with Crippen LogP contribution in [-0.4, -0.2) is 28.3 Å². The van der Waals surface area contributed by atoms with Crippen LogP contribution in [-0.2, 0) is 0 Å². The molecular weight excluding hydrogens is 296 g/mol. The van der Waals surface area contributed by atoms with Crippen molar-refractivity contribution in [2.24, 2.45) is 4.99 Å². The molecule has 0 amide bonds. The van der Waals surface area contributed by atoms with Gasteiger partial charge in [-0.1, -0.05) is 28.1 Å². The number of rotatable bonds is 3. The Morgan fingerprint density at radius 2 is 1.89 bits per heavy atom. The highest BCUT2D eigenvalue weighted by atomic mass is 79.9. The number of hydrogen-bond acceptors (Lipinski definition) is 5. The molecule has 0 spiro atoms. The molecule has 0 radical (unpaired) electrons. The number of nitrogens with zero attached hydrogens (tertiary/aromatic N) is 4. The Hall–Kier alpha value is -1.82. The first-order valence-corrected chi connectivity index (χ1v) is 6.03. The third-order valence-electron chi connectivity index (χ3n) is 2.10. The van der Waals surface area contributed by atoms with Gasteiger partial charge < -0.3 is 4.74 Å². The van der Waals surface area contributed by atoms with Gasteiger partial charge in [0.25, 0.3) is 5.95 Å². The minimum atomic E-state index is 0.269. The van der Waals surface area contributed by atoms with Gasteiger partial charge in [0.2, 0.25) is 0 Å². The highest BCUT2D eigenvalue weighted by molar-refractivity contribution is 9.10. The van der Waals surface area contributed by atoms with E-state index in [2.05, 4.69) is 35.9 Å². The van der Waals surface area contributed by atoms with E-state index in [-0.39, 0.29) is 6.01 Å². The topological polar surface area (TPSA) is 60.3 Å². The first-order valence-electron chi connectivity index (χ1n) is 5.23. The van der Waals surface area contributed by atoms with Crippen LogP contribution in [0.5, 0.6) is 6.01 Å². The average molecular weight is 307 g/mol. The van der Waals surface area contributed by atoms with Crippen LogP contribution >= 0.6 is 15.9 Å². The summed E-state index contributed by atoms with van der Waals surface area (Å²) in [6, 6.07) is 8.05. The van der Waals surface area contributed by atoms with Crippen LogP contribution in [0.25, 0.3) is 0 Å². The number of aromatic nitrogens is 3. The third-order valence-corrected chi connectivity index (χ3v) is 2.63. The maximum absolute atomic E-state index is 4.96. The van der Waals surface area contributed by atoms with E-state index in [1.165, 1.54) is 7.11 Å². The molecule has 6 heteroatoms. The number of ether oxygens (including phenoxy) is 1. The zero-order chi connectivity index (χ0) is 13.0. The third kappa shape index (κ3) is 3.33. The highest BCUT2D eigenvalue weighted by Crippen LogP contribution is 2.12. The lowest BCUT2D eigenvalue weighted by Gasteiger charge is -1.99. The molecule has 0 N–H and O–H groups in total. The molecule has 2 aromatic rings. The Morgan fingerprint density at radius 1 is 1.17 bits per heavy atom. The monoisotopic (exact) mass is 306 g/mol. The highest BCUT2D eigenvalue weighted by Gasteiger charge is 2.01. The van der Waals surface area contributed by atoms with Crippen molar-refractivity contribution in [2.45, 2.75) is 6.92 Å². The Balaban J connectivity index is 2.22. The zero-order valence-corrected chi connectivity index (χ0v) is 11.5. The molecule has 0 bridgehead atoms. The Kier molecular flexibility index (Phi) is 3.99. The molecule has 0 saturated heterocycles. The summed E-state index contributed by atoms with van der Waals surface area (Å²) in [5, 5.41) is 0. The van der Waals surface area contributed by atoms with Crippen molar-refractivity contribution >= 4 is 28.1 Å². The summed E-state index contributed by atoms with van der Waals surface area (Å²) in [7, 11) is 1.51. The Bertz CT molecular complexity index is 569. The molecule has 0 saturated carbocycles. The van der Waals surface area contributed by atoms with Crippen molar-refractivity contribution in [2.75, 3.05) is 7.11 Å². The van der Waals surface area contributed by atoms with Gasteiger partial charge in [-0.05, 0) is 24.6 Å². The van der Waals surface area contributed by atoms with Crippen molar-refractivity contribution in [3.05, 3.63) is 40.1 Å². The van der Waals surface area contributed by atoms with Gasteiger partial charge in [-0.15, -0.1) is 0 Å². The predicted octanol–water partition coefficient (Wildman–Crippen LogP) is 2.70. The van der Waals surface area contributed by atoms with E-state index < -0.39 is 0 Å². The molecule has 0 atom stereocenters. The Morgan fingerprint density at radius 3 is 2.56 bits per heavy atom. The second-order valence-corrected chi connectivity index (χ2v) is 4.39. The number of benzene rings is 1. The average Bonchev–Trinajstić information content (AvgIpc) is 2.37. The molecule has 0 unspecified atom stereocenters. The molecular formula is C12H11BrN4O. The lowest BCUT2D eigenvalue weighted by atomic mass is 10.2. The van der Waals surface area contributed by atoms with Crippen molar-refractivity contribution in [1.82, 2.24) is 15.0 Å². The minimum Gasteiger partial charge on any atom is -0.467 e. The van der Waals surface area contributed by atoms with E-state index in [4.69, 9.17) is 4.74 Å². The standard InChI is InChI=1S/C12H11BrN4O/c1-8-15-11(17-12(16-8)18-2)14-7-9-3-5-10(13)6-4-9/h3-7H,1-2H3/b14-7+.